The van der Waals surface area contributed by atoms with Gasteiger partial charge in [0.2, 0.25) is 0 Å². The third kappa shape index (κ3) is 4.54. The topological polar surface area (TPSA) is 104 Å². The first kappa shape index (κ1) is 10.7. The number of para-hydroxylation sites is 2. The van der Waals surface area contributed by atoms with Crippen molar-refractivity contribution in [2.24, 2.45) is 11.5 Å². The molecule has 4 heteroatoms. The fourth-order valence-electron chi connectivity index (χ4n) is 0.511. The van der Waals surface area contributed by atoms with Gasteiger partial charge in [-0.05, 0) is 12.1 Å². The lowest BCUT2D eigenvalue weighted by molar-refractivity contribution is 0.976. The Kier molecular flexibility index (Phi) is 5.77. The van der Waals surface area contributed by atoms with Crippen LogP contribution in [0.25, 0.3) is 0 Å². The Morgan fingerprint density at radius 3 is 1.33 bits per heavy atom. The van der Waals surface area contributed by atoms with E-state index in [1.807, 2.05) is 12.1 Å². The van der Waals surface area contributed by atoms with Gasteiger partial charge in [-0.1, -0.05) is 12.1 Å². The minimum Gasteiger partial charge on any atom is -0.397 e. The van der Waals surface area contributed by atoms with Crippen molar-refractivity contribution in [1.29, 1.82) is 0 Å². The summed E-state index contributed by atoms with van der Waals surface area (Å²) in [5, 5.41) is 0. The molecular weight excluding hydrogens is 152 g/mol. The average Bonchev–Trinajstić information content (AvgIpc) is 2.11. The molecule has 0 aliphatic carbocycles. The molecule has 1 aromatic carbocycles. The minimum absolute atomic E-state index is 0.597. The summed E-state index contributed by atoms with van der Waals surface area (Å²) in [5.74, 6) is 0. The van der Waals surface area contributed by atoms with E-state index in [1.165, 1.54) is 0 Å². The first-order chi connectivity index (χ1) is 5.72. The van der Waals surface area contributed by atoms with Gasteiger partial charge in [0.05, 0.1) is 11.4 Å². The second-order valence-corrected chi connectivity index (χ2v) is 2.21. The Labute approximate surface area is 72.5 Å². The van der Waals surface area contributed by atoms with E-state index in [1.54, 1.807) is 12.1 Å². The molecular formula is C8H16N4. The predicted octanol–water partition coefficient (Wildman–Crippen LogP) is -0.245. The normalized spacial score (nSPS) is 8.50. The SMILES string of the molecule is NCCN.Nc1ccccc1N. The standard InChI is InChI=1S/C6H8N2.C2H8N2/c7-5-3-1-2-4-6(5)8;3-1-2-4/h1-4H,7-8H2;1-4H2. The van der Waals surface area contributed by atoms with E-state index in [4.69, 9.17) is 22.9 Å². The van der Waals surface area contributed by atoms with Gasteiger partial charge in [0.15, 0.2) is 0 Å². The molecule has 4 nitrogen and oxygen atoms in total. The summed E-state index contributed by atoms with van der Waals surface area (Å²) in [6, 6.07) is 7.25. The number of nitrogens with two attached hydrogens (primary N) is 4. The Morgan fingerprint density at radius 2 is 1.17 bits per heavy atom. The van der Waals surface area contributed by atoms with Crippen LogP contribution < -0.4 is 22.9 Å². The van der Waals surface area contributed by atoms with E-state index < -0.39 is 0 Å². The molecule has 0 saturated carbocycles. The van der Waals surface area contributed by atoms with Crippen LogP contribution in [0, 0.1) is 0 Å². The van der Waals surface area contributed by atoms with Crippen molar-refractivity contribution in [3.63, 3.8) is 0 Å². The maximum Gasteiger partial charge on any atom is 0.0547 e. The first-order valence-corrected chi connectivity index (χ1v) is 3.72. The van der Waals surface area contributed by atoms with Gasteiger partial charge in [-0.15, -0.1) is 0 Å². The van der Waals surface area contributed by atoms with Crippen molar-refractivity contribution in [1.82, 2.24) is 0 Å². The molecule has 0 bridgehead atoms. The van der Waals surface area contributed by atoms with E-state index in [0.29, 0.717) is 24.5 Å². The summed E-state index contributed by atoms with van der Waals surface area (Å²) in [6.07, 6.45) is 0. The molecule has 1 rings (SSSR count). The van der Waals surface area contributed by atoms with E-state index in [0.717, 1.165) is 0 Å². The van der Waals surface area contributed by atoms with Crippen LogP contribution in [-0.2, 0) is 0 Å². The zero-order valence-electron chi connectivity index (χ0n) is 7.03. The van der Waals surface area contributed by atoms with Crippen LogP contribution in [-0.4, -0.2) is 13.1 Å². The van der Waals surface area contributed by atoms with Gasteiger partial charge >= 0.3 is 0 Å². The van der Waals surface area contributed by atoms with Gasteiger partial charge < -0.3 is 22.9 Å². The molecule has 8 N–H and O–H groups in total. The van der Waals surface area contributed by atoms with Gasteiger partial charge in [0, 0.05) is 13.1 Å². The Hall–Kier alpha value is -1.26. The van der Waals surface area contributed by atoms with Crippen molar-refractivity contribution in [2.45, 2.75) is 0 Å². The van der Waals surface area contributed by atoms with E-state index >= 15 is 0 Å². The number of rotatable bonds is 1. The smallest absolute Gasteiger partial charge is 0.0547 e. The quantitative estimate of drug-likeness (QED) is 0.434. The fourth-order valence-corrected chi connectivity index (χ4v) is 0.511. The number of anilines is 2. The highest BCUT2D eigenvalue weighted by Gasteiger charge is 1.85. The van der Waals surface area contributed by atoms with Gasteiger partial charge in [-0.3, -0.25) is 0 Å². The highest BCUT2D eigenvalue weighted by atomic mass is 14.7. The number of nitrogen functional groups attached to an aromatic ring is 2. The lowest BCUT2D eigenvalue weighted by Gasteiger charge is -1.94. The van der Waals surface area contributed by atoms with Crippen LogP contribution in [0.3, 0.4) is 0 Å². The highest BCUT2D eigenvalue weighted by Crippen LogP contribution is 2.10. The molecule has 0 unspecified atom stereocenters. The first-order valence-electron chi connectivity index (χ1n) is 3.72. The molecule has 68 valence electrons. The zero-order valence-corrected chi connectivity index (χ0v) is 7.03. The summed E-state index contributed by atoms with van der Waals surface area (Å²) in [5.41, 5.74) is 21.9. The van der Waals surface area contributed by atoms with Gasteiger partial charge in [0.1, 0.15) is 0 Å². The van der Waals surface area contributed by atoms with Crippen LogP contribution in [0.15, 0.2) is 24.3 Å². The van der Waals surface area contributed by atoms with Gasteiger partial charge in [-0.2, -0.15) is 0 Å². The van der Waals surface area contributed by atoms with Crippen molar-refractivity contribution in [3.8, 4) is 0 Å². The predicted molar refractivity (Wildman–Crippen MR) is 53.4 cm³/mol. The number of hydrogen-bond acceptors (Lipinski definition) is 4. The number of benzene rings is 1. The fraction of sp³-hybridized carbons (Fsp3) is 0.250. The molecule has 0 aliphatic heterocycles. The molecule has 0 aromatic heterocycles. The summed E-state index contributed by atoms with van der Waals surface area (Å²) < 4.78 is 0. The van der Waals surface area contributed by atoms with Crippen molar-refractivity contribution in [2.75, 3.05) is 24.6 Å². The molecule has 0 heterocycles. The monoisotopic (exact) mass is 168 g/mol. The van der Waals surface area contributed by atoms with Crippen molar-refractivity contribution < 1.29 is 0 Å². The molecule has 0 radical (unpaired) electrons. The lowest BCUT2D eigenvalue weighted by atomic mass is 10.3. The maximum absolute atomic E-state index is 5.39. The van der Waals surface area contributed by atoms with Gasteiger partial charge in [0.25, 0.3) is 0 Å². The van der Waals surface area contributed by atoms with Crippen LogP contribution >= 0.6 is 0 Å². The largest absolute Gasteiger partial charge is 0.397 e. The molecule has 0 atom stereocenters. The molecule has 0 amide bonds. The third-order valence-corrected chi connectivity index (χ3v) is 1.16. The molecule has 12 heavy (non-hydrogen) atoms. The third-order valence-electron chi connectivity index (χ3n) is 1.16. The van der Waals surface area contributed by atoms with E-state index in [2.05, 4.69) is 0 Å². The van der Waals surface area contributed by atoms with Crippen LogP contribution in [0.4, 0.5) is 11.4 Å². The molecule has 0 fully saturated rings. The summed E-state index contributed by atoms with van der Waals surface area (Å²) in [7, 11) is 0. The van der Waals surface area contributed by atoms with E-state index in [9.17, 15) is 0 Å². The number of hydrogen-bond donors (Lipinski definition) is 4. The van der Waals surface area contributed by atoms with Crippen molar-refractivity contribution >= 4 is 11.4 Å². The van der Waals surface area contributed by atoms with Crippen LogP contribution in [0.1, 0.15) is 0 Å². The summed E-state index contributed by atoms with van der Waals surface area (Å²) >= 11 is 0. The Morgan fingerprint density at radius 1 is 0.833 bits per heavy atom. The molecule has 1 aromatic rings. The maximum atomic E-state index is 5.39. The van der Waals surface area contributed by atoms with Crippen LogP contribution in [0.2, 0.25) is 0 Å². The van der Waals surface area contributed by atoms with Gasteiger partial charge in [-0.25, -0.2) is 0 Å². The lowest BCUT2D eigenvalue weighted by Crippen LogP contribution is -2.11. The molecule has 0 aliphatic rings. The second-order valence-electron chi connectivity index (χ2n) is 2.21. The summed E-state index contributed by atoms with van der Waals surface area (Å²) in [4.78, 5) is 0. The second kappa shape index (κ2) is 6.45. The van der Waals surface area contributed by atoms with Crippen molar-refractivity contribution in [3.05, 3.63) is 24.3 Å². The zero-order chi connectivity index (χ0) is 9.40. The van der Waals surface area contributed by atoms with Crippen LogP contribution in [0.5, 0.6) is 0 Å². The average molecular weight is 168 g/mol. The summed E-state index contributed by atoms with van der Waals surface area (Å²) in [6.45, 7) is 1.19. The Bertz CT molecular complexity index is 189. The molecule has 0 spiro atoms. The minimum atomic E-state index is 0.597. The highest BCUT2D eigenvalue weighted by molar-refractivity contribution is 5.62. The Balaban J connectivity index is 0.000000261. The van der Waals surface area contributed by atoms with E-state index in [-0.39, 0.29) is 0 Å². The molecule has 0 saturated heterocycles.